The average molecular weight is 306 g/mol. The number of halogens is 1. The molecule has 0 aliphatic carbocycles. The average Bonchev–Trinajstić information content (AvgIpc) is 2.32. The molecular formula is C14H16BrN3. The van der Waals surface area contributed by atoms with Gasteiger partial charge in [-0.25, -0.2) is 4.98 Å². The third-order valence-electron chi connectivity index (χ3n) is 2.71. The summed E-state index contributed by atoms with van der Waals surface area (Å²) in [7, 11) is 2.08. The largest absolute Gasteiger partial charge is 0.383 e. The molecule has 0 atom stereocenters. The molecule has 0 unspecified atom stereocenters. The SMILES string of the molecule is CN(Cc1cccc(Br)c1)Cc1cccnc1N. The smallest absolute Gasteiger partial charge is 0.127 e. The number of anilines is 1. The number of aromatic nitrogens is 1. The Balaban J connectivity index is 2.01. The van der Waals surface area contributed by atoms with E-state index >= 15 is 0 Å². The van der Waals surface area contributed by atoms with Crippen molar-refractivity contribution in [2.75, 3.05) is 12.8 Å². The Bertz CT molecular complexity index is 528. The molecule has 0 radical (unpaired) electrons. The van der Waals surface area contributed by atoms with Crippen molar-refractivity contribution < 1.29 is 0 Å². The number of nitrogens with zero attached hydrogens (tertiary/aromatic N) is 2. The fraction of sp³-hybridized carbons (Fsp3) is 0.214. The number of nitrogens with two attached hydrogens (primary N) is 1. The van der Waals surface area contributed by atoms with Crippen LogP contribution in [0.15, 0.2) is 47.1 Å². The summed E-state index contributed by atoms with van der Waals surface area (Å²) >= 11 is 3.48. The van der Waals surface area contributed by atoms with E-state index in [9.17, 15) is 0 Å². The fourth-order valence-electron chi connectivity index (χ4n) is 1.88. The van der Waals surface area contributed by atoms with Crippen LogP contribution < -0.4 is 5.73 Å². The quantitative estimate of drug-likeness (QED) is 0.944. The van der Waals surface area contributed by atoms with E-state index in [1.54, 1.807) is 6.20 Å². The van der Waals surface area contributed by atoms with Gasteiger partial charge in [0, 0.05) is 29.3 Å². The third kappa shape index (κ3) is 3.55. The van der Waals surface area contributed by atoms with Gasteiger partial charge in [0.25, 0.3) is 0 Å². The predicted octanol–water partition coefficient (Wildman–Crippen LogP) is 3.06. The number of hydrogen-bond acceptors (Lipinski definition) is 3. The Kier molecular flexibility index (Phi) is 4.33. The van der Waals surface area contributed by atoms with Gasteiger partial charge >= 0.3 is 0 Å². The van der Waals surface area contributed by atoms with E-state index in [2.05, 4.69) is 45.0 Å². The highest BCUT2D eigenvalue weighted by Crippen LogP contribution is 2.15. The molecule has 0 saturated carbocycles. The molecule has 1 heterocycles. The Morgan fingerprint density at radius 2 is 2.06 bits per heavy atom. The number of pyridine rings is 1. The molecule has 2 rings (SSSR count). The summed E-state index contributed by atoms with van der Waals surface area (Å²) in [5, 5.41) is 0. The fourth-order valence-corrected chi connectivity index (χ4v) is 2.32. The van der Waals surface area contributed by atoms with Crippen LogP contribution >= 0.6 is 15.9 Å². The summed E-state index contributed by atoms with van der Waals surface area (Å²) in [6.45, 7) is 1.68. The van der Waals surface area contributed by atoms with Crippen LogP contribution in [0.25, 0.3) is 0 Å². The molecule has 1 aromatic carbocycles. The normalized spacial score (nSPS) is 10.8. The number of hydrogen-bond donors (Lipinski definition) is 1. The standard InChI is InChI=1S/C14H16BrN3/c1-18(9-11-4-2-6-13(15)8-11)10-12-5-3-7-17-14(12)16/h2-8H,9-10H2,1H3,(H2,16,17). The van der Waals surface area contributed by atoms with Crippen molar-refractivity contribution in [1.82, 2.24) is 9.88 Å². The molecule has 0 amide bonds. The molecule has 0 aliphatic heterocycles. The highest BCUT2D eigenvalue weighted by Gasteiger charge is 2.05. The Labute approximate surface area is 116 Å². The lowest BCUT2D eigenvalue weighted by Crippen LogP contribution is -2.18. The molecule has 2 N–H and O–H groups in total. The topological polar surface area (TPSA) is 42.2 Å². The van der Waals surface area contributed by atoms with Crippen LogP contribution in [0.4, 0.5) is 5.82 Å². The molecule has 0 fully saturated rings. The summed E-state index contributed by atoms with van der Waals surface area (Å²) in [6.07, 6.45) is 1.72. The van der Waals surface area contributed by atoms with Crippen molar-refractivity contribution >= 4 is 21.7 Å². The molecule has 0 spiro atoms. The maximum atomic E-state index is 5.84. The first-order valence-electron chi connectivity index (χ1n) is 5.77. The van der Waals surface area contributed by atoms with Crippen molar-refractivity contribution in [1.29, 1.82) is 0 Å². The molecular weight excluding hydrogens is 290 g/mol. The van der Waals surface area contributed by atoms with E-state index in [0.717, 1.165) is 23.1 Å². The minimum Gasteiger partial charge on any atom is -0.383 e. The van der Waals surface area contributed by atoms with E-state index in [4.69, 9.17) is 5.73 Å². The lowest BCUT2D eigenvalue weighted by Gasteiger charge is -2.17. The van der Waals surface area contributed by atoms with Gasteiger partial charge in [0.05, 0.1) is 0 Å². The Morgan fingerprint density at radius 1 is 1.22 bits per heavy atom. The molecule has 2 aromatic rings. The summed E-state index contributed by atoms with van der Waals surface area (Å²) in [6, 6.07) is 12.3. The van der Waals surface area contributed by atoms with Crippen molar-refractivity contribution in [3.05, 3.63) is 58.2 Å². The van der Waals surface area contributed by atoms with E-state index in [1.165, 1.54) is 5.56 Å². The van der Waals surface area contributed by atoms with Gasteiger partial charge in [-0.05, 0) is 30.8 Å². The van der Waals surface area contributed by atoms with Crippen LogP contribution in [0.1, 0.15) is 11.1 Å². The predicted molar refractivity (Wildman–Crippen MR) is 78.0 cm³/mol. The molecule has 0 saturated heterocycles. The van der Waals surface area contributed by atoms with Crippen LogP contribution in [0.3, 0.4) is 0 Å². The van der Waals surface area contributed by atoms with Crippen LogP contribution in [0, 0.1) is 0 Å². The number of rotatable bonds is 4. The molecule has 18 heavy (non-hydrogen) atoms. The van der Waals surface area contributed by atoms with E-state index in [0.29, 0.717) is 5.82 Å². The van der Waals surface area contributed by atoms with Gasteiger partial charge in [-0.15, -0.1) is 0 Å². The van der Waals surface area contributed by atoms with E-state index < -0.39 is 0 Å². The second-order valence-electron chi connectivity index (χ2n) is 4.35. The summed E-state index contributed by atoms with van der Waals surface area (Å²) in [4.78, 5) is 6.31. The molecule has 1 aromatic heterocycles. The first-order valence-corrected chi connectivity index (χ1v) is 6.57. The summed E-state index contributed by atoms with van der Waals surface area (Å²) in [5.74, 6) is 0.610. The molecule has 0 bridgehead atoms. The van der Waals surface area contributed by atoms with Crippen LogP contribution in [-0.2, 0) is 13.1 Å². The zero-order chi connectivity index (χ0) is 13.0. The summed E-state index contributed by atoms with van der Waals surface area (Å²) < 4.78 is 1.11. The monoisotopic (exact) mass is 305 g/mol. The molecule has 94 valence electrons. The highest BCUT2D eigenvalue weighted by molar-refractivity contribution is 9.10. The summed E-state index contributed by atoms with van der Waals surface area (Å²) in [5.41, 5.74) is 8.18. The molecule has 0 aliphatic rings. The van der Waals surface area contributed by atoms with Gasteiger partial charge in [-0.3, -0.25) is 4.90 Å². The zero-order valence-electron chi connectivity index (χ0n) is 10.3. The highest BCUT2D eigenvalue weighted by atomic mass is 79.9. The van der Waals surface area contributed by atoms with E-state index in [-0.39, 0.29) is 0 Å². The van der Waals surface area contributed by atoms with Crippen molar-refractivity contribution in [3.8, 4) is 0 Å². The Hall–Kier alpha value is -1.39. The van der Waals surface area contributed by atoms with Crippen molar-refractivity contribution in [2.45, 2.75) is 13.1 Å². The second kappa shape index (κ2) is 5.98. The van der Waals surface area contributed by atoms with Crippen LogP contribution in [0.2, 0.25) is 0 Å². The van der Waals surface area contributed by atoms with Gasteiger partial charge in [0.1, 0.15) is 5.82 Å². The lowest BCUT2D eigenvalue weighted by atomic mass is 10.2. The second-order valence-corrected chi connectivity index (χ2v) is 5.27. The van der Waals surface area contributed by atoms with Gasteiger partial charge in [0.15, 0.2) is 0 Å². The number of benzene rings is 1. The van der Waals surface area contributed by atoms with Gasteiger partial charge in [-0.2, -0.15) is 0 Å². The number of nitrogen functional groups attached to an aromatic ring is 1. The van der Waals surface area contributed by atoms with Crippen LogP contribution in [0.5, 0.6) is 0 Å². The Morgan fingerprint density at radius 3 is 2.78 bits per heavy atom. The molecule has 4 heteroatoms. The first kappa shape index (κ1) is 13.1. The maximum absolute atomic E-state index is 5.84. The van der Waals surface area contributed by atoms with Crippen LogP contribution in [-0.4, -0.2) is 16.9 Å². The van der Waals surface area contributed by atoms with Crippen molar-refractivity contribution in [2.24, 2.45) is 0 Å². The lowest BCUT2D eigenvalue weighted by molar-refractivity contribution is 0.319. The van der Waals surface area contributed by atoms with Gasteiger partial charge < -0.3 is 5.73 Å². The first-order chi connectivity index (χ1) is 8.65. The maximum Gasteiger partial charge on any atom is 0.127 e. The van der Waals surface area contributed by atoms with Crippen molar-refractivity contribution in [3.63, 3.8) is 0 Å². The minimum atomic E-state index is 0.610. The van der Waals surface area contributed by atoms with Gasteiger partial charge in [-0.1, -0.05) is 34.1 Å². The molecule has 3 nitrogen and oxygen atoms in total. The third-order valence-corrected chi connectivity index (χ3v) is 3.20. The minimum absolute atomic E-state index is 0.610. The van der Waals surface area contributed by atoms with E-state index in [1.807, 2.05) is 24.3 Å². The van der Waals surface area contributed by atoms with Gasteiger partial charge in [0.2, 0.25) is 0 Å². The zero-order valence-corrected chi connectivity index (χ0v) is 11.9.